The van der Waals surface area contributed by atoms with Gasteiger partial charge in [0.1, 0.15) is 0 Å². The van der Waals surface area contributed by atoms with Gasteiger partial charge in [-0.15, -0.1) is 0 Å². The minimum atomic E-state index is -0.438. The highest BCUT2D eigenvalue weighted by Crippen LogP contribution is 2.66. The van der Waals surface area contributed by atoms with Crippen LogP contribution in [-0.2, 0) is 15.6 Å². The van der Waals surface area contributed by atoms with Crippen LogP contribution in [0.3, 0.4) is 0 Å². The van der Waals surface area contributed by atoms with Crippen LogP contribution in [0.25, 0.3) is 0 Å². The number of nitriles is 1. The second-order valence-electron chi connectivity index (χ2n) is 9.40. The summed E-state index contributed by atoms with van der Waals surface area (Å²) in [5.74, 6) is 1.56. The fourth-order valence-electron chi connectivity index (χ4n) is 6.91. The minimum Gasteiger partial charge on any atom is -0.453 e. The third-order valence-electron chi connectivity index (χ3n) is 7.62. The lowest BCUT2D eigenvalue weighted by atomic mass is 9.42. The third-order valence-corrected chi connectivity index (χ3v) is 7.62. The van der Waals surface area contributed by atoms with Crippen LogP contribution < -0.4 is 5.32 Å². The van der Waals surface area contributed by atoms with E-state index in [0.717, 1.165) is 23.1 Å². The van der Waals surface area contributed by atoms with Crippen LogP contribution in [0.4, 0.5) is 10.5 Å². The second-order valence-corrected chi connectivity index (χ2v) is 9.40. The van der Waals surface area contributed by atoms with E-state index >= 15 is 0 Å². The lowest BCUT2D eigenvalue weighted by Crippen LogP contribution is -2.55. The fourth-order valence-corrected chi connectivity index (χ4v) is 6.91. The van der Waals surface area contributed by atoms with Crippen LogP contribution in [0.15, 0.2) is 48.5 Å². The first-order valence-electron chi connectivity index (χ1n) is 10.5. The van der Waals surface area contributed by atoms with Crippen molar-refractivity contribution in [3.63, 3.8) is 0 Å². The molecule has 4 bridgehead atoms. The average Bonchev–Trinajstić information content (AvgIpc) is 2.73. The van der Waals surface area contributed by atoms with Gasteiger partial charge in [-0.1, -0.05) is 24.3 Å². The zero-order valence-electron chi connectivity index (χ0n) is 16.8. The third kappa shape index (κ3) is 3.00. The number of carbonyl (C=O) groups excluding carboxylic acids is 1. The molecule has 0 aromatic heterocycles. The van der Waals surface area contributed by atoms with Gasteiger partial charge in [0.05, 0.1) is 18.7 Å². The van der Waals surface area contributed by atoms with Crippen molar-refractivity contribution in [1.29, 1.82) is 5.26 Å². The Balaban J connectivity index is 1.48. The maximum absolute atomic E-state index is 11.5. The van der Waals surface area contributed by atoms with Gasteiger partial charge in [0.25, 0.3) is 0 Å². The van der Waals surface area contributed by atoms with E-state index in [9.17, 15) is 4.79 Å². The average molecular weight is 386 g/mol. The molecule has 148 valence electrons. The van der Waals surface area contributed by atoms with Gasteiger partial charge in [0, 0.05) is 5.69 Å². The minimum absolute atomic E-state index is 0.224. The van der Waals surface area contributed by atoms with E-state index in [4.69, 9.17) is 10.00 Å². The molecule has 4 saturated carbocycles. The maximum atomic E-state index is 11.5. The van der Waals surface area contributed by atoms with Crippen LogP contribution in [0, 0.1) is 23.2 Å². The van der Waals surface area contributed by atoms with Gasteiger partial charge in [-0.05, 0) is 96.6 Å². The first-order valence-corrected chi connectivity index (χ1v) is 10.5. The Bertz CT molecular complexity index is 957. The molecular formula is C25H26N2O2. The van der Waals surface area contributed by atoms with Gasteiger partial charge >= 0.3 is 6.09 Å². The van der Waals surface area contributed by atoms with Crippen LogP contribution >= 0.6 is 0 Å². The molecule has 0 saturated heterocycles. The molecule has 4 aliphatic rings. The number of nitrogens with one attached hydrogen (secondary N) is 1. The molecule has 4 fully saturated rings. The summed E-state index contributed by atoms with van der Waals surface area (Å²) in [5, 5.41) is 11.9. The molecule has 6 rings (SSSR count). The molecule has 0 aliphatic heterocycles. The summed E-state index contributed by atoms with van der Waals surface area (Å²) in [5.41, 5.74) is 4.79. The predicted octanol–water partition coefficient (Wildman–Crippen LogP) is 5.53. The van der Waals surface area contributed by atoms with Gasteiger partial charge in [-0.3, -0.25) is 5.32 Å². The maximum Gasteiger partial charge on any atom is 0.411 e. The smallest absolute Gasteiger partial charge is 0.411 e. The molecule has 0 spiro atoms. The normalized spacial score (nSPS) is 31.9. The molecule has 1 N–H and O–H groups in total. The lowest BCUT2D eigenvalue weighted by Gasteiger charge is -2.62. The lowest BCUT2D eigenvalue weighted by molar-refractivity contribution is -0.0281. The Hall–Kier alpha value is -2.80. The SMILES string of the molecule is COC(=O)Nc1ccc(C23CC4CC(CC(c5ccc(C#N)cc5)(C4)C2)C3)cc1. The van der Waals surface area contributed by atoms with E-state index in [-0.39, 0.29) is 10.8 Å². The Morgan fingerprint density at radius 2 is 1.48 bits per heavy atom. The number of nitrogens with zero attached hydrogens (tertiary/aromatic N) is 1. The number of methoxy groups -OCH3 is 1. The zero-order chi connectivity index (χ0) is 20.1. The summed E-state index contributed by atoms with van der Waals surface area (Å²) in [6.07, 6.45) is 7.20. The summed E-state index contributed by atoms with van der Waals surface area (Å²) in [7, 11) is 1.38. The quantitative estimate of drug-likeness (QED) is 0.755. The van der Waals surface area contributed by atoms with E-state index in [2.05, 4.69) is 35.7 Å². The summed E-state index contributed by atoms with van der Waals surface area (Å²) in [6, 6.07) is 19.0. The van der Waals surface area contributed by atoms with Crippen LogP contribution in [-0.4, -0.2) is 13.2 Å². The van der Waals surface area contributed by atoms with Crippen LogP contribution in [0.1, 0.15) is 55.2 Å². The van der Waals surface area contributed by atoms with E-state index in [1.165, 1.54) is 56.8 Å². The first kappa shape index (κ1) is 18.2. The molecule has 2 atom stereocenters. The molecule has 4 heteroatoms. The van der Waals surface area contributed by atoms with Crippen molar-refractivity contribution >= 4 is 11.8 Å². The summed E-state index contributed by atoms with van der Waals surface area (Å²) in [4.78, 5) is 11.5. The van der Waals surface area contributed by atoms with E-state index in [0.29, 0.717) is 0 Å². The van der Waals surface area contributed by atoms with Crippen molar-refractivity contribution in [2.75, 3.05) is 12.4 Å². The topological polar surface area (TPSA) is 62.1 Å². The van der Waals surface area contributed by atoms with Crippen molar-refractivity contribution in [2.24, 2.45) is 11.8 Å². The molecule has 29 heavy (non-hydrogen) atoms. The highest BCUT2D eigenvalue weighted by Gasteiger charge is 2.58. The van der Waals surface area contributed by atoms with Crippen molar-refractivity contribution in [1.82, 2.24) is 0 Å². The Kier molecular flexibility index (Phi) is 4.17. The molecule has 4 aliphatic carbocycles. The molecule has 2 aromatic rings. The molecule has 2 aromatic carbocycles. The number of rotatable bonds is 3. The van der Waals surface area contributed by atoms with Gasteiger partial charge in [-0.25, -0.2) is 4.79 Å². The molecular weight excluding hydrogens is 360 g/mol. The second kappa shape index (κ2) is 6.62. The van der Waals surface area contributed by atoms with E-state index in [1.807, 2.05) is 24.3 Å². The monoisotopic (exact) mass is 386 g/mol. The van der Waals surface area contributed by atoms with Crippen LogP contribution in [0.5, 0.6) is 0 Å². The van der Waals surface area contributed by atoms with Crippen molar-refractivity contribution in [2.45, 2.75) is 49.4 Å². The van der Waals surface area contributed by atoms with Crippen molar-refractivity contribution < 1.29 is 9.53 Å². The molecule has 1 amide bonds. The number of anilines is 1. The number of carbonyl (C=O) groups is 1. The number of benzene rings is 2. The number of hydrogen-bond donors (Lipinski definition) is 1. The predicted molar refractivity (Wildman–Crippen MR) is 112 cm³/mol. The molecule has 2 unspecified atom stereocenters. The van der Waals surface area contributed by atoms with E-state index < -0.39 is 6.09 Å². The van der Waals surface area contributed by atoms with Crippen molar-refractivity contribution in [3.05, 3.63) is 65.2 Å². The molecule has 0 heterocycles. The summed E-state index contributed by atoms with van der Waals surface area (Å²) < 4.78 is 4.69. The highest BCUT2D eigenvalue weighted by atomic mass is 16.5. The number of ether oxygens (including phenoxy) is 1. The Labute approximate surface area is 171 Å². The van der Waals surface area contributed by atoms with Crippen molar-refractivity contribution in [3.8, 4) is 6.07 Å². The largest absolute Gasteiger partial charge is 0.453 e. The van der Waals surface area contributed by atoms with Crippen LogP contribution in [0.2, 0.25) is 0 Å². The summed E-state index contributed by atoms with van der Waals surface area (Å²) in [6.45, 7) is 0. The van der Waals surface area contributed by atoms with Gasteiger partial charge in [0.15, 0.2) is 0 Å². The van der Waals surface area contributed by atoms with E-state index in [1.54, 1.807) is 0 Å². The zero-order valence-corrected chi connectivity index (χ0v) is 16.8. The number of amides is 1. The van der Waals surface area contributed by atoms with Gasteiger partial charge in [-0.2, -0.15) is 5.26 Å². The summed E-state index contributed by atoms with van der Waals surface area (Å²) >= 11 is 0. The first-order chi connectivity index (χ1) is 14.0. The van der Waals surface area contributed by atoms with Gasteiger partial charge < -0.3 is 4.74 Å². The van der Waals surface area contributed by atoms with Gasteiger partial charge in [0.2, 0.25) is 0 Å². The fraction of sp³-hybridized carbons (Fsp3) is 0.440. The molecule has 4 nitrogen and oxygen atoms in total. The molecule has 0 radical (unpaired) electrons. The Morgan fingerprint density at radius 3 is 1.97 bits per heavy atom. The number of hydrogen-bond acceptors (Lipinski definition) is 3. The highest BCUT2D eigenvalue weighted by molar-refractivity contribution is 5.84. The Morgan fingerprint density at radius 1 is 0.966 bits per heavy atom. The standard InChI is InChI=1S/C25H26N2O2/c1-29-23(28)27-22-8-6-21(7-9-22)25-13-18-10-19(14-25)12-24(11-18,16-25)20-4-2-17(15-26)3-5-20/h2-9,18-19H,10-14,16H2,1H3,(H,27,28).